The monoisotopic (exact) mass is 204 g/mol. The van der Waals surface area contributed by atoms with Gasteiger partial charge in [0.25, 0.3) is 0 Å². The van der Waals surface area contributed by atoms with E-state index in [0.29, 0.717) is 5.02 Å². The summed E-state index contributed by atoms with van der Waals surface area (Å²) in [6, 6.07) is 3.65. The standard InChI is InChI=1S/C8H9ClN2.ClH/c9-6-2-1-5-11-7(6)8(10)3-4-8;/h1-2,5H,3-4,10H2;1H. The quantitative estimate of drug-likeness (QED) is 0.762. The van der Waals surface area contributed by atoms with Crippen molar-refractivity contribution in [2.24, 2.45) is 5.73 Å². The lowest BCUT2D eigenvalue weighted by atomic mass is 10.2. The Hall–Kier alpha value is -0.310. The highest BCUT2D eigenvalue weighted by Crippen LogP contribution is 2.43. The lowest BCUT2D eigenvalue weighted by Crippen LogP contribution is -2.20. The molecular weight excluding hydrogens is 195 g/mol. The smallest absolute Gasteiger partial charge is 0.0788 e. The fourth-order valence-corrected chi connectivity index (χ4v) is 1.43. The third kappa shape index (κ3) is 1.56. The van der Waals surface area contributed by atoms with Crippen molar-refractivity contribution in [3.63, 3.8) is 0 Å². The van der Waals surface area contributed by atoms with Crippen molar-refractivity contribution >= 4 is 24.0 Å². The molecule has 2 rings (SSSR count). The summed E-state index contributed by atoms with van der Waals surface area (Å²) >= 11 is 5.91. The van der Waals surface area contributed by atoms with Crippen molar-refractivity contribution in [3.8, 4) is 0 Å². The molecule has 0 spiro atoms. The van der Waals surface area contributed by atoms with E-state index in [9.17, 15) is 0 Å². The van der Waals surface area contributed by atoms with E-state index in [1.54, 1.807) is 6.20 Å². The van der Waals surface area contributed by atoms with Gasteiger partial charge in [-0.3, -0.25) is 4.98 Å². The lowest BCUT2D eigenvalue weighted by Gasteiger charge is -2.08. The Bertz CT molecular complexity index is 284. The fraction of sp³-hybridized carbons (Fsp3) is 0.375. The fourth-order valence-electron chi connectivity index (χ4n) is 1.12. The van der Waals surface area contributed by atoms with Gasteiger partial charge in [-0.05, 0) is 25.0 Å². The number of pyridine rings is 1. The van der Waals surface area contributed by atoms with Gasteiger partial charge in [-0.2, -0.15) is 0 Å². The van der Waals surface area contributed by atoms with Crippen LogP contribution >= 0.6 is 24.0 Å². The maximum absolute atomic E-state index is 5.92. The number of halogens is 2. The van der Waals surface area contributed by atoms with Gasteiger partial charge in [0, 0.05) is 6.20 Å². The first kappa shape index (κ1) is 9.78. The van der Waals surface area contributed by atoms with E-state index < -0.39 is 0 Å². The van der Waals surface area contributed by atoms with Crippen LogP contribution < -0.4 is 5.73 Å². The van der Waals surface area contributed by atoms with Crippen molar-refractivity contribution in [1.82, 2.24) is 4.98 Å². The van der Waals surface area contributed by atoms with Crippen LogP contribution in [0.3, 0.4) is 0 Å². The minimum Gasteiger partial charge on any atom is -0.320 e. The Kier molecular flexibility index (Phi) is 2.61. The molecule has 2 nitrogen and oxygen atoms in total. The summed E-state index contributed by atoms with van der Waals surface area (Å²) in [6.45, 7) is 0. The van der Waals surface area contributed by atoms with Gasteiger partial charge < -0.3 is 5.73 Å². The molecule has 0 saturated heterocycles. The van der Waals surface area contributed by atoms with Crippen LogP contribution in [0.2, 0.25) is 5.02 Å². The topological polar surface area (TPSA) is 38.9 Å². The number of nitrogens with zero attached hydrogens (tertiary/aromatic N) is 1. The maximum Gasteiger partial charge on any atom is 0.0788 e. The second kappa shape index (κ2) is 3.21. The summed E-state index contributed by atoms with van der Waals surface area (Å²) in [4.78, 5) is 4.16. The Balaban J connectivity index is 0.000000720. The first-order chi connectivity index (χ1) is 5.22. The van der Waals surface area contributed by atoms with E-state index in [1.807, 2.05) is 12.1 Å². The second-order valence-corrected chi connectivity index (χ2v) is 3.40. The van der Waals surface area contributed by atoms with E-state index >= 15 is 0 Å². The zero-order valence-corrected chi connectivity index (χ0v) is 8.03. The van der Waals surface area contributed by atoms with Gasteiger partial charge in [0.1, 0.15) is 0 Å². The molecule has 12 heavy (non-hydrogen) atoms. The largest absolute Gasteiger partial charge is 0.320 e. The van der Waals surface area contributed by atoms with Crippen LogP contribution in [0.5, 0.6) is 0 Å². The van der Waals surface area contributed by atoms with Gasteiger partial charge >= 0.3 is 0 Å². The van der Waals surface area contributed by atoms with Gasteiger partial charge in [-0.25, -0.2) is 0 Å². The van der Waals surface area contributed by atoms with Crippen molar-refractivity contribution in [2.45, 2.75) is 18.4 Å². The summed E-state index contributed by atoms with van der Waals surface area (Å²) in [7, 11) is 0. The third-order valence-electron chi connectivity index (χ3n) is 2.02. The number of rotatable bonds is 1. The lowest BCUT2D eigenvalue weighted by molar-refractivity contribution is 0.708. The molecule has 1 saturated carbocycles. The molecule has 2 N–H and O–H groups in total. The van der Waals surface area contributed by atoms with E-state index in [4.69, 9.17) is 17.3 Å². The van der Waals surface area contributed by atoms with Crippen LogP contribution in [0.4, 0.5) is 0 Å². The predicted molar refractivity (Wildman–Crippen MR) is 51.6 cm³/mol. The molecule has 0 atom stereocenters. The van der Waals surface area contributed by atoms with Gasteiger partial charge in [0.05, 0.1) is 16.3 Å². The van der Waals surface area contributed by atoms with Gasteiger partial charge in [0.15, 0.2) is 0 Å². The molecule has 0 aliphatic heterocycles. The van der Waals surface area contributed by atoms with Crippen LogP contribution in [-0.4, -0.2) is 4.98 Å². The van der Waals surface area contributed by atoms with Crippen molar-refractivity contribution < 1.29 is 0 Å². The average molecular weight is 205 g/mol. The molecule has 1 aromatic heterocycles. The normalized spacial score (nSPS) is 18.2. The Morgan fingerprint density at radius 2 is 2.17 bits per heavy atom. The minimum absolute atomic E-state index is 0. The van der Waals surface area contributed by atoms with E-state index in [1.165, 1.54) is 0 Å². The molecule has 0 radical (unpaired) electrons. The van der Waals surface area contributed by atoms with Crippen molar-refractivity contribution in [1.29, 1.82) is 0 Å². The summed E-state index contributed by atoms with van der Waals surface area (Å²) in [5, 5.41) is 0.688. The van der Waals surface area contributed by atoms with Crippen LogP contribution in [0.1, 0.15) is 18.5 Å². The molecule has 0 unspecified atom stereocenters. The molecule has 1 aliphatic rings. The van der Waals surface area contributed by atoms with Crippen LogP contribution in [0.25, 0.3) is 0 Å². The summed E-state index contributed by atoms with van der Waals surface area (Å²) in [5.41, 5.74) is 6.56. The molecule has 1 heterocycles. The van der Waals surface area contributed by atoms with E-state index in [0.717, 1.165) is 18.5 Å². The highest BCUT2D eigenvalue weighted by Gasteiger charge is 2.42. The molecule has 0 aromatic carbocycles. The molecule has 1 aliphatic carbocycles. The molecule has 4 heteroatoms. The Morgan fingerprint density at radius 1 is 1.50 bits per heavy atom. The maximum atomic E-state index is 5.92. The number of hydrogen-bond acceptors (Lipinski definition) is 2. The van der Waals surface area contributed by atoms with Gasteiger partial charge in [0.2, 0.25) is 0 Å². The van der Waals surface area contributed by atoms with Gasteiger partial charge in [-0.1, -0.05) is 11.6 Å². The minimum atomic E-state index is -0.210. The zero-order valence-electron chi connectivity index (χ0n) is 6.46. The first-order valence-electron chi connectivity index (χ1n) is 3.62. The van der Waals surface area contributed by atoms with E-state index in [2.05, 4.69) is 4.98 Å². The number of aromatic nitrogens is 1. The van der Waals surface area contributed by atoms with Crippen LogP contribution in [0.15, 0.2) is 18.3 Å². The molecule has 0 amide bonds. The second-order valence-electron chi connectivity index (χ2n) is 2.99. The average Bonchev–Trinajstić information content (AvgIpc) is 2.70. The zero-order chi connectivity index (χ0) is 7.90. The number of nitrogens with two attached hydrogens (primary N) is 1. The molecule has 1 aromatic rings. The molecule has 0 bridgehead atoms. The molecule has 1 fully saturated rings. The van der Waals surface area contributed by atoms with Crippen molar-refractivity contribution in [3.05, 3.63) is 29.0 Å². The first-order valence-corrected chi connectivity index (χ1v) is 4.00. The van der Waals surface area contributed by atoms with Crippen LogP contribution in [-0.2, 0) is 5.54 Å². The third-order valence-corrected chi connectivity index (χ3v) is 2.32. The molecule has 66 valence electrons. The van der Waals surface area contributed by atoms with Crippen molar-refractivity contribution in [2.75, 3.05) is 0 Å². The number of hydrogen-bond donors (Lipinski definition) is 1. The SMILES string of the molecule is Cl.NC1(c2ncccc2Cl)CC1. The summed E-state index contributed by atoms with van der Waals surface area (Å²) < 4.78 is 0. The Morgan fingerprint density at radius 3 is 2.67 bits per heavy atom. The van der Waals surface area contributed by atoms with Crippen LogP contribution in [0, 0.1) is 0 Å². The predicted octanol–water partition coefficient (Wildman–Crippen LogP) is 2.10. The summed E-state index contributed by atoms with van der Waals surface area (Å²) in [6.07, 6.45) is 3.74. The highest BCUT2D eigenvalue weighted by atomic mass is 35.5. The molecular formula is C8H10Cl2N2. The summed E-state index contributed by atoms with van der Waals surface area (Å²) in [5.74, 6) is 0. The van der Waals surface area contributed by atoms with Gasteiger partial charge in [-0.15, -0.1) is 12.4 Å². The Labute approximate surface area is 82.5 Å². The highest BCUT2D eigenvalue weighted by molar-refractivity contribution is 6.31. The van der Waals surface area contributed by atoms with E-state index in [-0.39, 0.29) is 17.9 Å².